The van der Waals surface area contributed by atoms with E-state index in [1.807, 2.05) is 18.2 Å². The van der Waals surface area contributed by atoms with Crippen LogP contribution in [0.3, 0.4) is 0 Å². The first-order valence-electron chi connectivity index (χ1n) is 9.32. The molecule has 2 fully saturated rings. The number of aliphatic hydroxyl groups excluding tert-OH is 2. The molecule has 140 valence electrons. The summed E-state index contributed by atoms with van der Waals surface area (Å²) in [7, 11) is 0. The summed E-state index contributed by atoms with van der Waals surface area (Å²) in [5.41, 5.74) is 1.00. The molecule has 0 bridgehead atoms. The number of nitrogens with zero attached hydrogens (tertiary/aromatic N) is 2. The van der Waals surface area contributed by atoms with E-state index in [2.05, 4.69) is 9.80 Å². The van der Waals surface area contributed by atoms with Gasteiger partial charge in [-0.3, -0.25) is 4.90 Å². The first-order valence-corrected chi connectivity index (χ1v) is 9.70. The normalized spacial score (nSPS) is 21.6. The largest absolute Gasteiger partial charge is 0.491 e. The van der Waals surface area contributed by atoms with Crippen LogP contribution in [0, 0.1) is 0 Å². The lowest BCUT2D eigenvalue weighted by molar-refractivity contribution is -0.00355. The lowest BCUT2D eigenvalue weighted by Gasteiger charge is -2.36. The van der Waals surface area contributed by atoms with E-state index < -0.39 is 6.10 Å². The number of rotatable bonds is 7. The number of hydrogen-bond acceptors (Lipinski definition) is 5. The van der Waals surface area contributed by atoms with Gasteiger partial charge in [0.05, 0.1) is 6.10 Å². The molecule has 1 aromatic carbocycles. The van der Waals surface area contributed by atoms with Crippen molar-refractivity contribution >= 4 is 11.6 Å². The molecule has 0 saturated carbocycles. The van der Waals surface area contributed by atoms with Crippen LogP contribution in [-0.2, 0) is 6.54 Å². The molecule has 2 aliphatic heterocycles. The third kappa shape index (κ3) is 5.83. The van der Waals surface area contributed by atoms with Gasteiger partial charge in [0.1, 0.15) is 18.5 Å². The Hall–Kier alpha value is -0.850. The zero-order valence-corrected chi connectivity index (χ0v) is 15.5. The van der Waals surface area contributed by atoms with Crippen LogP contribution >= 0.6 is 11.6 Å². The summed E-state index contributed by atoms with van der Waals surface area (Å²) in [5, 5.41) is 20.4. The van der Waals surface area contributed by atoms with Gasteiger partial charge < -0.3 is 19.8 Å². The van der Waals surface area contributed by atoms with Gasteiger partial charge in [-0.1, -0.05) is 24.4 Å². The van der Waals surface area contributed by atoms with Gasteiger partial charge in [0.2, 0.25) is 0 Å². The van der Waals surface area contributed by atoms with Crippen molar-refractivity contribution in [3.63, 3.8) is 0 Å². The summed E-state index contributed by atoms with van der Waals surface area (Å²) in [4.78, 5) is 4.49. The van der Waals surface area contributed by atoms with E-state index >= 15 is 0 Å². The highest BCUT2D eigenvalue weighted by Crippen LogP contribution is 2.26. The van der Waals surface area contributed by atoms with Crippen molar-refractivity contribution in [2.45, 2.75) is 44.4 Å². The first kappa shape index (κ1) is 18.9. The fourth-order valence-corrected chi connectivity index (χ4v) is 3.78. The molecule has 1 aromatic rings. The molecule has 0 aliphatic carbocycles. The van der Waals surface area contributed by atoms with Crippen molar-refractivity contribution < 1.29 is 14.9 Å². The molecule has 0 spiro atoms. The molecular formula is C19H29ClN2O3. The molecule has 5 nitrogen and oxygen atoms in total. The van der Waals surface area contributed by atoms with Crippen molar-refractivity contribution in [2.24, 2.45) is 0 Å². The van der Waals surface area contributed by atoms with Crippen LogP contribution in [0.25, 0.3) is 0 Å². The molecule has 0 radical (unpaired) electrons. The minimum atomic E-state index is -0.493. The topological polar surface area (TPSA) is 56.2 Å². The van der Waals surface area contributed by atoms with E-state index in [1.54, 1.807) is 0 Å². The molecule has 0 amide bonds. The van der Waals surface area contributed by atoms with Crippen LogP contribution in [0.4, 0.5) is 0 Å². The second-order valence-electron chi connectivity index (χ2n) is 7.28. The summed E-state index contributed by atoms with van der Waals surface area (Å²) < 4.78 is 5.90. The molecular weight excluding hydrogens is 340 g/mol. The molecule has 1 atom stereocenters. The third-order valence-electron chi connectivity index (χ3n) is 4.95. The maximum atomic E-state index is 10.3. The molecule has 2 heterocycles. The summed E-state index contributed by atoms with van der Waals surface area (Å²) in [6, 6.07) is 5.59. The number of aliphatic hydroxyl groups is 2. The average Bonchev–Trinajstić information content (AvgIpc) is 2.81. The number of hydrogen-bond donors (Lipinski definition) is 2. The van der Waals surface area contributed by atoms with Gasteiger partial charge in [0.15, 0.2) is 0 Å². The monoisotopic (exact) mass is 368 g/mol. The molecule has 25 heavy (non-hydrogen) atoms. The van der Waals surface area contributed by atoms with E-state index in [0.29, 0.717) is 31.2 Å². The van der Waals surface area contributed by atoms with E-state index in [9.17, 15) is 10.2 Å². The molecule has 2 saturated heterocycles. The number of ether oxygens (including phenoxy) is 1. The van der Waals surface area contributed by atoms with Gasteiger partial charge >= 0.3 is 0 Å². The van der Waals surface area contributed by atoms with Gasteiger partial charge in [0, 0.05) is 36.8 Å². The minimum absolute atomic E-state index is 0.223. The van der Waals surface area contributed by atoms with E-state index in [1.165, 1.54) is 25.7 Å². The fourth-order valence-electron chi connectivity index (χ4n) is 3.58. The molecule has 0 aromatic heterocycles. The van der Waals surface area contributed by atoms with Crippen molar-refractivity contribution in [2.75, 3.05) is 39.3 Å². The highest BCUT2D eigenvalue weighted by atomic mass is 35.5. The fraction of sp³-hybridized carbons (Fsp3) is 0.684. The summed E-state index contributed by atoms with van der Waals surface area (Å²) in [5.74, 6) is 0.765. The van der Waals surface area contributed by atoms with Gasteiger partial charge in [-0.05, 0) is 44.1 Å². The van der Waals surface area contributed by atoms with Crippen LogP contribution in [0.15, 0.2) is 18.2 Å². The minimum Gasteiger partial charge on any atom is -0.491 e. The average molecular weight is 369 g/mol. The van der Waals surface area contributed by atoms with E-state index in [4.69, 9.17) is 16.3 Å². The molecule has 6 heteroatoms. The number of β-amino-alcohol motifs (C(OH)–C–C–N with tert-alkyl or cyclic N) is 2. The predicted octanol–water partition coefficient (Wildman–Crippen LogP) is 2.13. The van der Waals surface area contributed by atoms with Gasteiger partial charge in [-0.25, -0.2) is 0 Å². The SMILES string of the molecule is OC(COc1ccc(Cl)cc1CN1CC(O)C1)CN1CCCCCC1. The Morgan fingerprint density at radius 3 is 2.52 bits per heavy atom. The number of likely N-dealkylation sites (tertiary alicyclic amines) is 2. The quantitative estimate of drug-likeness (QED) is 0.772. The van der Waals surface area contributed by atoms with Crippen molar-refractivity contribution in [1.29, 1.82) is 0 Å². The highest BCUT2D eigenvalue weighted by molar-refractivity contribution is 6.30. The van der Waals surface area contributed by atoms with Crippen molar-refractivity contribution in [3.8, 4) is 5.75 Å². The Labute approximate surface area is 155 Å². The lowest BCUT2D eigenvalue weighted by Crippen LogP contribution is -2.49. The summed E-state index contributed by atoms with van der Waals surface area (Å²) in [6.07, 6.45) is 4.31. The van der Waals surface area contributed by atoms with Gasteiger partial charge in [0.25, 0.3) is 0 Å². The molecule has 3 rings (SSSR count). The zero-order chi connectivity index (χ0) is 17.6. The third-order valence-corrected chi connectivity index (χ3v) is 5.19. The Morgan fingerprint density at radius 2 is 1.84 bits per heavy atom. The Kier molecular flexibility index (Phi) is 6.96. The highest BCUT2D eigenvalue weighted by Gasteiger charge is 2.25. The van der Waals surface area contributed by atoms with E-state index in [0.717, 1.165) is 24.4 Å². The van der Waals surface area contributed by atoms with Crippen LogP contribution in [0.1, 0.15) is 31.2 Å². The maximum Gasteiger partial charge on any atom is 0.124 e. The Balaban J connectivity index is 1.51. The number of benzene rings is 1. The second-order valence-corrected chi connectivity index (χ2v) is 7.72. The summed E-state index contributed by atoms with van der Waals surface area (Å²) >= 11 is 6.12. The Morgan fingerprint density at radius 1 is 1.12 bits per heavy atom. The van der Waals surface area contributed by atoms with E-state index in [-0.39, 0.29) is 12.7 Å². The lowest BCUT2D eigenvalue weighted by atomic mass is 10.1. The molecule has 2 aliphatic rings. The molecule has 2 N–H and O–H groups in total. The van der Waals surface area contributed by atoms with Crippen LogP contribution in [-0.4, -0.2) is 71.6 Å². The first-order chi connectivity index (χ1) is 12.1. The Bertz CT molecular complexity index is 543. The predicted molar refractivity (Wildman–Crippen MR) is 99.1 cm³/mol. The van der Waals surface area contributed by atoms with Crippen molar-refractivity contribution in [3.05, 3.63) is 28.8 Å². The van der Waals surface area contributed by atoms with Crippen LogP contribution < -0.4 is 4.74 Å². The van der Waals surface area contributed by atoms with Crippen molar-refractivity contribution in [1.82, 2.24) is 9.80 Å². The standard InChI is InChI=1S/C19H29ClN2O3/c20-16-5-6-19(15(9-16)10-22-11-17(23)12-22)25-14-18(24)13-21-7-3-1-2-4-8-21/h5-6,9,17-18,23-24H,1-4,7-8,10-14H2. The van der Waals surface area contributed by atoms with Crippen LogP contribution in [0.5, 0.6) is 5.75 Å². The van der Waals surface area contributed by atoms with Gasteiger partial charge in [-0.2, -0.15) is 0 Å². The second kappa shape index (κ2) is 9.19. The van der Waals surface area contributed by atoms with Gasteiger partial charge in [-0.15, -0.1) is 0 Å². The smallest absolute Gasteiger partial charge is 0.124 e. The summed E-state index contributed by atoms with van der Waals surface area (Å²) in [6.45, 7) is 5.17. The molecule has 1 unspecified atom stereocenters. The number of halogens is 1. The van der Waals surface area contributed by atoms with Crippen LogP contribution in [0.2, 0.25) is 5.02 Å². The zero-order valence-electron chi connectivity index (χ0n) is 14.7. The maximum absolute atomic E-state index is 10.3.